The minimum atomic E-state index is 0.358. The molecule has 0 aromatic rings. The third-order valence-electron chi connectivity index (χ3n) is 1.99. The van der Waals surface area contributed by atoms with Crippen LogP contribution < -0.4 is 0 Å². The lowest BCUT2D eigenvalue weighted by Crippen LogP contribution is -2.10. The van der Waals surface area contributed by atoms with Gasteiger partial charge < -0.3 is 23.7 Å². The van der Waals surface area contributed by atoms with Crippen LogP contribution in [-0.4, -0.2) is 65.1 Å². The number of ether oxygens (including phenoxy) is 5. The van der Waals surface area contributed by atoms with Crippen molar-refractivity contribution in [3.8, 4) is 0 Å². The second-order valence-corrected chi connectivity index (χ2v) is 3.67. The van der Waals surface area contributed by atoms with Crippen LogP contribution >= 0.6 is 0 Å². The first-order valence-electron chi connectivity index (χ1n) is 5.41. The van der Waals surface area contributed by atoms with Gasteiger partial charge in [-0.05, 0) is 0 Å². The lowest BCUT2D eigenvalue weighted by molar-refractivity contribution is 0.0366. The maximum atomic E-state index is 5.27. The molecule has 0 bridgehead atoms. The summed E-state index contributed by atoms with van der Waals surface area (Å²) in [7, 11) is 0. The Labute approximate surface area is 89.6 Å². The van der Waals surface area contributed by atoms with Crippen LogP contribution in [0.1, 0.15) is 0 Å². The van der Waals surface area contributed by atoms with Crippen LogP contribution in [0.5, 0.6) is 0 Å². The van der Waals surface area contributed by atoms with Gasteiger partial charge in [-0.1, -0.05) is 0 Å². The standard InChI is InChI=1S/C8H14O4.C2H4O/c1(9-3-7-5-11-7)2-10-4-8-6-12-8;1-2-3-1/h7-8H,1-6H2;1-2H2. The summed E-state index contributed by atoms with van der Waals surface area (Å²) in [5.74, 6) is 0. The molecular weight excluding hydrogens is 200 g/mol. The molecule has 5 nitrogen and oxygen atoms in total. The molecule has 15 heavy (non-hydrogen) atoms. The molecule has 0 saturated carbocycles. The minimum Gasteiger partial charge on any atom is -0.377 e. The van der Waals surface area contributed by atoms with Gasteiger partial charge in [-0.2, -0.15) is 0 Å². The molecule has 0 aliphatic carbocycles. The number of hydrogen-bond acceptors (Lipinski definition) is 5. The maximum absolute atomic E-state index is 5.27. The Bertz CT molecular complexity index is 146. The molecule has 2 atom stereocenters. The molecule has 5 heteroatoms. The Morgan fingerprint density at radius 3 is 1.53 bits per heavy atom. The zero-order valence-corrected chi connectivity index (χ0v) is 8.85. The molecular formula is C10H18O5. The summed E-state index contributed by atoms with van der Waals surface area (Å²) in [5, 5.41) is 0. The molecule has 0 amide bonds. The molecule has 0 radical (unpaired) electrons. The lowest BCUT2D eigenvalue weighted by atomic mass is 10.5. The molecule has 0 aromatic carbocycles. The van der Waals surface area contributed by atoms with Crippen LogP contribution in [0.2, 0.25) is 0 Å². The third-order valence-corrected chi connectivity index (χ3v) is 1.99. The largest absolute Gasteiger partial charge is 0.377 e. The van der Waals surface area contributed by atoms with E-state index in [2.05, 4.69) is 4.74 Å². The highest BCUT2D eigenvalue weighted by molar-refractivity contribution is 4.68. The van der Waals surface area contributed by atoms with E-state index in [1.807, 2.05) is 0 Å². The monoisotopic (exact) mass is 218 g/mol. The highest BCUT2D eigenvalue weighted by atomic mass is 16.6. The van der Waals surface area contributed by atoms with Crippen molar-refractivity contribution in [3.05, 3.63) is 0 Å². The fourth-order valence-electron chi connectivity index (χ4n) is 0.876. The average Bonchev–Trinajstić information content (AvgIpc) is 3.11. The molecule has 3 heterocycles. The second-order valence-electron chi connectivity index (χ2n) is 3.67. The second kappa shape index (κ2) is 6.40. The number of epoxide rings is 3. The zero-order valence-electron chi connectivity index (χ0n) is 8.85. The Morgan fingerprint density at radius 2 is 1.27 bits per heavy atom. The van der Waals surface area contributed by atoms with E-state index in [4.69, 9.17) is 18.9 Å². The Morgan fingerprint density at radius 1 is 0.867 bits per heavy atom. The van der Waals surface area contributed by atoms with E-state index in [9.17, 15) is 0 Å². The average molecular weight is 218 g/mol. The van der Waals surface area contributed by atoms with Crippen LogP contribution in [0.25, 0.3) is 0 Å². The van der Waals surface area contributed by atoms with Gasteiger partial charge in [-0.25, -0.2) is 0 Å². The quantitative estimate of drug-likeness (QED) is 0.439. The summed E-state index contributed by atoms with van der Waals surface area (Å²) in [6.45, 7) is 6.46. The normalized spacial score (nSPS) is 30.4. The fraction of sp³-hybridized carbons (Fsp3) is 1.00. The number of hydrogen-bond donors (Lipinski definition) is 0. The van der Waals surface area contributed by atoms with Crippen molar-refractivity contribution in [3.63, 3.8) is 0 Å². The van der Waals surface area contributed by atoms with Gasteiger partial charge in [0.25, 0.3) is 0 Å². The van der Waals surface area contributed by atoms with E-state index in [1.54, 1.807) is 0 Å². The fourth-order valence-corrected chi connectivity index (χ4v) is 0.876. The van der Waals surface area contributed by atoms with Gasteiger partial charge in [0.2, 0.25) is 0 Å². The SMILES string of the molecule is C(COCC1CO1)OCC1CO1.C1CO1. The Balaban J connectivity index is 0.000000244. The molecule has 3 fully saturated rings. The molecule has 2 unspecified atom stereocenters. The Hall–Kier alpha value is -0.200. The first-order valence-corrected chi connectivity index (χ1v) is 5.41. The van der Waals surface area contributed by atoms with E-state index >= 15 is 0 Å². The number of rotatable bonds is 7. The van der Waals surface area contributed by atoms with E-state index in [0.717, 1.165) is 26.4 Å². The van der Waals surface area contributed by atoms with Crippen molar-refractivity contribution in [2.75, 3.05) is 52.9 Å². The lowest BCUT2D eigenvalue weighted by Gasteiger charge is -2.02. The molecule has 3 rings (SSSR count). The predicted octanol–water partition coefficient (Wildman–Crippen LogP) is -0.166. The van der Waals surface area contributed by atoms with E-state index < -0.39 is 0 Å². The molecule has 3 aliphatic rings. The van der Waals surface area contributed by atoms with Crippen molar-refractivity contribution in [2.45, 2.75) is 12.2 Å². The first kappa shape index (κ1) is 11.3. The van der Waals surface area contributed by atoms with E-state index in [-0.39, 0.29) is 0 Å². The van der Waals surface area contributed by atoms with Crippen LogP contribution in [0.15, 0.2) is 0 Å². The molecule has 3 aliphatic heterocycles. The van der Waals surface area contributed by atoms with Gasteiger partial charge in [0.05, 0.1) is 52.9 Å². The summed E-state index contributed by atoms with van der Waals surface area (Å²) >= 11 is 0. The summed E-state index contributed by atoms with van der Waals surface area (Å²) in [4.78, 5) is 0. The highest BCUT2D eigenvalue weighted by Crippen LogP contribution is 2.09. The summed E-state index contributed by atoms with van der Waals surface area (Å²) in [6, 6.07) is 0. The van der Waals surface area contributed by atoms with Crippen molar-refractivity contribution < 1.29 is 23.7 Å². The van der Waals surface area contributed by atoms with Crippen LogP contribution in [0.4, 0.5) is 0 Å². The van der Waals surface area contributed by atoms with Gasteiger partial charge in [-0.3, -0.25) is 0 Å². The summed E-state index contributed by atoms with van der Waals surface area (Å²) in [6.07, 6.45) is 0.716. The smallest absolute Gasteiger partial charge is 0.104 e. The summed E-state index contributed by atoms with van der Waals surface area (Å²) < 4.78 is 25.0. The third kappa shape index (κ3) is 7.70. The minimum absolute atomic E-state index is 0.358. The maximum Gasteiger partial charge on any atom is 0.104 e. The van der Waals surface area contributed by atoms with Gasteiger partial charge in [0.1, 0.15) is 12.2 Å². The molecule has 3 saturated heterocycles. The van der Waals surface area contributed by atoms with Crippen LogP contribution in [0.3, 0.4) is 0 Å². The van der Waals surface area contributed by atoms with E-state index in [1.165, 1.54) is 0 Å². The first-order chi connectivity index (χ1) is 7.45. The van der Waals surface area contributed by atoms with Crippen LogP contribution in [0, 0.1) is 0 Å². The van der Waals surface area contributed by atoms with Crippen molar-refractivity contribution >= 4 is 0 Å². The van der Waals surface area contributed by atoms with Gasteiger partial charge >= 0.3 is 0 Å². The molecule has 0 N–H and O–H groups in total. The van der Waals surface area contributed by atoms with Gasteiger partial charge in [0, 0.05) is 0 Å². The topological polar surface area (TPSA) is 56.0 Å². The molecule has 0 aromatic heterocycles. The van der Waals surface area contributed by atoms with Gasteiger partial charge in [-0.15, -0.1) is 0 Å². The van der Waals surface area contributed by atoms with Crippen molar-refractivity contribution in [1.82, 2.24) is 0 Å². The van der Waals surface area contributed by atoms with Crippen molar-refractivity contribution in [2.24, 2.45) is 0 Å². The van der Waals surface area contributed by atoms with E-state index in [0.29, 0.717) is 38.6 Å². The van der Waals surface area contributed by atoms with Crippen LogP contribution in [-0.2, 0) is 23.7 Å². The summed E-state index contributed by atoms with van der Waals surface area (Å²) in [5.41, 5.74) is 0. The van der Waals surface area contributed by atoms with Gasteiger partial charge in [0.15, 0.2) is 0 Å². The zero-order chi connectivity index (χ0) is 10.3. The van der Waals surface area contributed by atoms with Crippen molar-refractivity contribution in [1.29, 1.82) is 0 Å². The molecule has 88 valence electrons. The molecule has 0 spiro atoms. The predicted molar refractivity (Wildman–Crippen MR) is 51.9 cm³/mol. The highest BCUT2D eigenvalue weighted by Gasteiger charge is 2.23. The Kier molecular flexibility index (Phi) is 4.82.